The number of nitrogens with zero attached hydrogens (tertiary/aromatic N) is 2. The Morgan fingerprint density at radius 1 is 1.35 bits per heavy atom. The van der Waals surface area contributed by atoms with Gasteiger partial charge in [-0.1, -0.05) is 19.9 Å². The van der Waals surface area contributed by atoms with E-state index in [1.807, 2.05) is 19.2 Å². The summed E-state index contributed by atoms with van der Waals surface area (Å²) in [6, 6.07) is 4.02. The highest BCUT2D eigenvalue weighted by Crippen LogP contribution is 2.09. The first-order valence-corrected chi connectivity index (χ1v) is 8.05. The molecule has 2 N–H and O–H groups in total. The highest BCUT2D eigenvalue weighted by molar-refractivity contribution is 14.0. The fraction of sp³-hybridized carbons (Fsp3) is 0.647. The molecule has 0 amide bonds. The van der Waals surface area contributed by atoms with Crippen molar-refractivity contribution in [2.24, 2.45) is 10.9 Å². The van der Waals surface area contributed by atoms with E-state index >= 15 is 0 Å². The van der Waals surface area contributed by atoms with Crippen LogP contribution in [-0.2, 0) is 11.3 Å². The summed E-state index contributed by atoms with van der Waals surface area (Å²) in [5, 5.41) is 6.63. The van der Waals surface area contributed by atoms with Gasteiger partial charge >= 0.3 is 0 Å². The zero-order valence-electron chi connectivity index (χ0n) is 14.9. The molecule has 0 aliphatic carbocycles. The van der Waals surface area contributed by atoms with Crippen LogP contribution in [0.25, 0.3) is 0 Å². The van der Waals surface area contributed by atoms with Crippen molar-refractivity contribution in [2.45, 2.75) is 46.8 Å². The molecule has 132 valence electrons. The summed E-state index contributed by atoms with van der Waals surface area (Å²) < 4.78 is 5.75. The number of ether oxygens (including phenoxy) is 1. The number of guanidine groups is 1. The zero-order chi connectivity index (χ0) is 16.4. The smallest absolute Gasteiger partial charge is 0.191 e. The lowest BCUT2D eigenvalue weighted by Gasteiger charge is -2.21. The molecule has 23 heavy (non-hydrogen) atoms. The van der Waals surface area contributed by atoms with E-state index in [4.69, 9.17) is 4.74 Å². The van der Waals surface area contributed by atoms with Gasteiger partial charge in [-0.15, -0.1) is 24.0 Å². The van der Waals surface area contributed by atoms with Crippen molar-refractivity contribution in [3.63, 3.8) is 0 Å². The number of aromatic nitrogens is 1. The Bertz CT molecular complexity index is 466. The maximum Gasteiger partial charge on any atom is 0.191 e. The Morgan fingerprint density at radius 3 is 2.65 bits per heavy atom. The second-order valence-electron chi connectivity index (χ2n) is 5.65. The molecule has 1 aromatic heterocycles. The van der Waals surface area contributed by atoms with Crippen molar-refractivity contribution in [3.05, 3.63) is 29.6 Å². The van der Waals surface area contributed by atoms with E-state index in [-0.39, 0.29) is 30.1 Å². The van der Waals surface area contributed by atoms with Gasteiger partial charge in [-0.3, -0.25) is 9.98 Å². The van der Waals surface area contributed by atoms with E-state index in [0.29, 0.717) is 12.5 Å². The molecule has 0 spiro atoms. The molecule has 0 saturated carbocycles. The first-order chi connectivity index (χ1) is 10.6. The van der Waals surface area contributed by atoms with Crippen LogP contribution in [0.5, 0.6) is 0 Å². The summed E-state index contributed by atoms with van der Waals surface area (Å²) in [5.41, 5.74) is 2.22. The van der Waals surface area contributed by atoms with Gasteiger partial charge in [0, 0.05) is 26.4 Å². The molecule has 0 fully saturated rings. The topological polar surface area (TPSA) is 58.5 Å². The molecule has 0 bridgehead atoms. The van der Waals surface area contributed by atoms with Crippen LogP contribution in [-0.4, -0.2) is 37.2 Å². The number of nitrogens with one attached hydrogen (secondary N) is 2. The Hall–Kier alpha value is -0.890. The molecule has 1 unspecified atom stereocenters. The lowest BCUT2D eigenvalue weighted by molar-refractivity contribution is 0.0258. The predicted octanol–water partition coefficient (Wildman–Crippen LogP) is 3.12. The third-order valence-electron chi connectivity index (χ3n) is 3.61. The van der Waals surface area contributed by atoms with Gasteiger partial charge in [0.2, 0.25) is 0 Å². The number of hydrogen-bond acceptors (Lipinski definition) is 3. The average Bonchev–Trinajstić information content (AvgIpc) is 2.50. The Kier molecular flexibility index (Phi) is 12.0. The van der Waals surface area contributed by atoms with E-state index in [2.05, 4.69) is 47.4 Å². The van der Waals surface area contributed by atoms with Gasteiger partial charge in [0.25, 0.3) is 0 Å². The normalized spacial score (nSPS) is 12.7. The third kappa shape index (κ3) is 8.50. The lowest BCUT2D eigenvalue weighted by Crippen LogP contribution is -2.39. The van der Waals surface area contributed by atoms with Crippen molar-refractivity contribution in [1.29, 1.82) is 0 Å². The fourth-order valence-corrected chi connectivity index (χ4v) is 2.25. The van der Waals surface area contributed by atoms with Crippen LogP contribution in [0.4, 0.5) is 0 Å². The first kappa shape index (κ1) is 22.1. The summed E-state index contributed by atoms with van der Waals surface area (Å²) in [4.78, 5) is 8.62. The summed E-state index contributed by atoms with van der Waals surface area (Å²) in [5.74, 6) is 1.32. The van der Waals surface area contributed by atoms with Gasteiger partial charge in [0.05, 0.1) is 18.3 Å². The molecule has 6 heteroatoms. The van der Waals surface area contributed by atoms with Gasteiger partial charge in [-0.05, 0) is 37.8 Å². The van der Waals surface area contributed by atoms with Crippen molar-refractivity contribution >= 4 is 29.9 Å². The third-order valence-corrected chi connectivity index (χ3v) is 3.61. The van der Waals surface area contributed by atoms with Crippen molar-refractivity contribution < 1.29 is 4.74 Å². The molecule has 1 aromatic rings. The SMILES string of the molecule is CCOC(CCNC(=NC)NCc1ncccc1C)C(C)C.I. The minimum Gasteiger partial charge on any atom is -0.378 e. The molecule has 1 atom stereocenters. The van der Waals surface area contributed by atoms with Crippen molar-refractivity contribution in [1.82, 2.24) is 15.6 Å². The number of halogens is 1. The molecule has 0 aliphatic heterocycles. The molecule has 0 aliphatic rings. The highest BCUT2D eigenvalue weighted by atomic mass is 127. The minimum absolute atomic E-state index is 0. The van der Waals surface area contributed by atoms with Gasteiger partial charge in [-0.2, -0.15) is 0 Å². The minimum atomic E-state index is 0. The Morgan fingerprint density at radius 2 is 2.09 bits per heavy atom. The highest BCUT2D eigenvalue weighted by Gasteiger charge is 2.13. The second-order valence-corrected chi connectivity index (χ2v) is 5.65. The Balaban J connectivity index is 0.00000484. The number of aliphatic imine (C=N–C) groups is 1. The summed E-state index contributed by atoms with van der Waals surface area (Å²) in [7, 11) is 1.78. The summed E-state index contributed by atoms with van der Waals surface area (Å²) in [6.45, 7) is 10.8. The van der Waals surface area contributed by atoms with Crippen LogP contribution in [0.1, 0.15) is 38.4 Å². The van der Waals surface area contributed by atoms with E-state index in [0.717, 1.165) is 31.2 Å². The van der Waals surface area contributed by atoms with Crippen LogP contribution in [0.3, 0.4) is 0 Å². The summed E-state index contributed by atoms with van der Waals surface area (Å²) >= 11 is 0. The lowest BCUT2D eigenvalue weighted by atomic mass is 10.0. The number of aryl methyl sites for hydroxylation is 1. The van der Waals surface area contributed by atoms with Gasteiger partial charge in [0.1, 0.15) is 0 Å². The van der Waals surface area contributed by atoms with Crippen LogP contribution in [0.15, 0.2) is 23.3 Å². The average molecular weight is 434 g/mol. The number of hydrogen-bond donors (Lipinski definition) is 2. The van der Waals surface area contributed by atoms with Gasteiger partial charge in [0.15, 0.2) is 5.96 Å². The number of pyridine rings is 1. The van der Waals surface area contributed by atoms with Crippen LogP contribution >= 0.6 is 24.0 Å². The van der Waals surface area contributed by atoms with E-state index in [1.54, 1.807) is 7.05 Å². The van der Waals surface area contributed by atoms with E-state index in [9.17, 15) is 0 Å². The van der Waals surface area contributed by atoms with Gasteiger partial charge in [-0.25, -0.2) is 0 Å². The second kappa shape index (κ2) is 12.5. The zero-order valence-corrected chi connectivity index (χ0v) is 17.3. The van der Waals surface area contributed by atoms with E-state index < -0.39 is 0 Å². The summed E-state index contributed by atoms with van der Waals surface area (Å²) in [6.07, 6.45) is 3.07. The van der Waals surface area contributed by atoms with Crippen LogP contribution in [0.2, 0.25) is 0 Å². The molecule has 1 rings (SSSR count). The molecule has 0 aromatic carbocycles. The maximum atomic E-state index is 5.75. The van der Waals surface area contributed by atoms with E-state index in [1.165, 1.54) is 5.56 Å². The van der Waals surface area contributed by atoms with Crippen LogP contribution in [0, 0.1) is 12.8 Å². The standard InChI is InChI=1S/C17H30N4O.HI/c1-6-22-16(13(2)3)9-11-20-17(18-5)21-12-15-14(4)8-7-10-19-15;/h7-8,10,13,16H,6,9,11-12H2,1-5H3,(H2,18,20,21);1H. The van der Waals surface area contributed by atoms with Crippen molar-refractivity contribution in [2.75, 3.05) is 20.2 Å². The molecule has 0 radical (unpaired) electrons. The largest absolute Gasteiger partial charge is 0.378 e. The molecular weight excluding hydrogens is 403 g/mol. The first-order valence-electron chi connectivity index (χ1n) is 8.05. The quantitative estimate of drug-likeness (QED) is 0.375. The monoisotopic (exact) mass is 434 g/mol. The fourth-order valence-electron chi connectivity index (χ4n) is 2.25. The molecule has 1 heterocycles. The Labute approximate surface area is 157 Å². The van der Waals surface area contributed by atoms with Crippen molar-refractivity contribution in [3.8, 4) is 0 Å². The molecular formula is C17H31IN4O. The molecule has 5 nitrogen and oxygen atoms in total. The maximum absolute atomic E-state index is 5.75. The van der Waals surface area contributed by atoms with Crippen LogP contribution < -0.4 is 10.6 Å². The number of rotatable bonds is 8. The predicted molar refractivity (Wildman–Crippen MR) is 107 cm³/mol. The van der Waals surface area contributed by atoms with Gasteiger partial charge < -0.3 is 15.4 Å². The molecule has 0 saturated heterocycles.